The number of benzene rings is 1. The quantitative estimate of drug-likeness (QED) is 0.461. The van der Waals surface area contributed by atoms with Gasteiger partial charge in [-0.25, -0.2) is 5.43 Å². The lowest BCUT2D eigenvalue weighted by Gasteiger charge is -2.09. The average Bonchev–Trinajstić information content (AvgIpc) is 2.66. The Kier molecular flexibility index (Phi) is 6.47. The number of pyridine rings is 1. The molecule has 0 aliphatic carbocycles. The van der Waals surface area contributed by atoms with Gasteiger partial charge in [-0.3, -0.25) is 14.6 Å². The number of methoxy groups -OCH3 is 2. The number of ether oxygens (including phenoxy) is 2. The first-order valence-electron chi connectivity index (χ1n) is 7.38. The molecule has 0 atom stereocenters. The molecule has 0 aliphatic rings. The number of hydrogen-bond acceptors (Lipinski definition) is 6. The van der Waals surface area contributed by atoms with Crippen molar-refractivity contribution in [3.8, 4) is 11.5 Å². The van der Waals surface area contributed by atoms with Gasteiger partial charge in [-0.2, -0.15) is 5.10 Å². The molecule has 0 bridgehead atoms. The second-order valence-electron chi connectivity index (χ2n) is 4.79. The lowest BCUT2D eigenvalue weighted by molar-refractivity contribution is -0.139. The van der Waals surface area contributed by atoms with Crippen LogP contribution >= 0.6 is 0 Å². The highest BCUT2D eigenvalue weighted by Gasteiger charge is 2.12. The molecule has 2 aromatic rings. The van der Waals surface area contributed by atoms with E-state index in [-0.39, 0.29) is 6.54 Å². The van der Waals surface area contributed by atoms with Gasteiger partial charge in [0.05, 0.1) is 32.7 Å². The summed E-state index contributed by atoms with van der Waals surface area (Å²) >= 11 is 0. The van der Waals surface area contributed by atoms with Crippen molar-refractivity contribution in [1.29, 1.82) is 0 Å². The third-order valence-electron chi connectivity index (χ3n) is 3.17. The molecule has 1 aromatic heterocycles. The number of nitrogens with one attached hydrogen (secondary N) is 2. The minimum atomic E-state index is -0.881. The number of rotatable bonds is 6. The summed E-state index contributed by atoms with van der Waals surface area (Å²) in [5.41, 5.74) is 3.40. The highest BCUT2D eigenvalue weighted by Crippen LogP contribution is 2.29. The molecule has 2 rings (SSSR count). The first-order valence-corrected chi connectivity index (χ1v) is 7.38. The number of carbonyl (C=O) groups is 2. The number of hydrazone groups is 1. The molecular formula is C17H18N4O4. The molecule has 1 aromatic carbocycles. The van der Waals surface area contributed by atoms with Gasteiger partial charge in [0.1, 0.15) is 0 Å². The van der Waals surface area contributed by atoms with Crippen molar-refractivity contribution >= 4 is 18.0 Å². The predicted molar refractivity (Wildman–Crippen MR) is 91.4 cm³/mol. The minimum Gasteiger partial charge on any atom is -0.493 e. The Morgan fingerprint density at radius 2 is 1.96 bits per heavy atom. The van der Waals surface area contributed by atoms with E-state index in [9.17, 15) is 9.59 Å². The lowest BCUT2D eigenvalue weighted by atomic mass is 10.2. The second kappa shape index (κ2) is 9.02. The van der Waals surface area contributed by atoms with Gasteiger partial charge in [0.25, 0.3) is 0 Å². The Labute approximate surface area is 144 Å². The molecule has 1 heterocycles. The van der Waals surface area contributed by atoms with E-state index in [1.54, 1.807) is 42.6 Å². The van der Waals surface area contributed by atoms with Crippen LogP contribution in [0.15, 0.2) is 47.7 Å². The maximum absolute atomic E-state index is 11.7. The van der Waals surface area contributed by atoms with Crippen LogP contribution in [0.2, 0.25) is 0 Å². The molecule has 0 spiro atoms. The zero-order valence-electron chi connectivity index (χ0n) is 13.9. The number of para-hydroxylation sites is 1. The second-order valence-corrected chi connectivity index (χ2v) is 4.79. The average molecular weight is 342 g/mol. The van der Waals surface area contributed by atoms with E-state index in [1.807, 2.05) is 0 Å². The topological polar surface area (TPSA) is 102 Å². The Balaban J connectivity index is 1.91. The zero-order chi connectivity index (χ0) is 18.1. The van der Waals surface area contributed by atoms with Gasteiger partial charge < -0.3 is 14.8 Å². The highest BCUT2D eigenvalue weighted by molar-refractivity contribution is 6.35. The summed E-state index contributed by atoms with van der Waals surface area (Å²) in [4.78, 5) is 27.5. The van der Waals surface area contributed by atoms with E-state index in [4.69, 9.17) is 9.47 Å². The van der Waals surface area contributed by atoms with Crippen LogP contribution in [0.25, 0.3) is 0 Å². The number of nitrogens with zero attached hydrogens (tertiary/aromatic N) is 2. The molecule has 0 aliphatic heterocycles. The Bertz CT molecular complexity index is 762. The minimum absolute atomic E-state index is 0.153. The molecule has 0 unspecified atom stereocenters. The van der Waals surface area contributed by atoms with Crippen LogP contribution in [0, 0.1) is 0 Å². The van der Waals surface area contributed by atoms with Crippen molar-refractivity contribution in [2.24, 2.45) is 5.10 Å². The molecule has 2 N–H and O–H groups in total. The van der Waals surface area contributed by atoms with Crippen LogP contribution in [0.4, 0.5) is 0 Å². The van der Waals surface area contributed by atoms with Gasteiger partial charge >= 0.3 is 11.8 Å². The summed E-state index contributed by atoms with van der Waals surface area (Å²) in [5, 5.41) is 6.22. The van der Waals surface area contributed by atoms with E-state index >= 15 is 0 Å². The summed E-state index contributed by atoms with van der Waals surface area (Å²) in [7, 11) is 3.02. The summed E-state index contributed by atoms with van der Waals surface area (Å²) in [5.74, 6) is -0.678. The van der Waals surface area contributed by atoms with Crippen molar-refractivity contribution in [3.63, 3.8) is 0 Å². The van der Waals surface area contributed by atoms with Crippen LogP contribution in [-0.2, 0) is 16.1 Å². The molecule has 8 nitrogen and oxygen atoms in total. The Morgan fingerprint density at radius 3 is 2.64 bits per heavy atom. The van der Waals surface area contributed by atoms with E-state index in [0.717, 1.165) is 0 Å². The SMILES string of the molecule is COc1cccc(/C=N/NC(=O)C(=O)NCc2ccccn2)c1OC. The standard InChI is InChI=1S/C17H18N4O4/c1-24-14-8-5-6-12(15(14)25-2)10-20-21-17(23)16(22)19-11-13-7-3-4-9-18-13/h3-10H,11H2,1-2H3,(H,19,22)(H,21,23)/b20-10+. The Morgan fingerprint density at radius 1 is 1.12 bits per heavy atom. The van der Waals surface area contributed by atoms with E-state index in [2.05, 4.69) is 20.8 Å². The largest absolute Gasteiger partial charge is 0.493 e. The zero-order valence-corrected chi connectivity index (χ0v) is 13.9. The first kappa shape index (κ1) is 17.9. The maximum atomic E-state index is 11.7. The van der Waals surface area contributed by atoms with Crippen LogP contribution in [0.1, 0.15) is 11.3 Å². The third kappa shape index (κ3) is 5.03. The molecule has 2 amide bonds. The monoisotopic (exact) mass is 342 g/mol. The smallest absolute Gasteiger partial charge is 0.329 e. The van der Waals surface area contributed by atoms with Crippen molar-refractivity contribution in [2.45, 2.75) is 6.54 Å². The number of hydrogen-bond donors (Lipinski definition) is 2. The normalized spacial score (nSPS) is 10.3. The fourth-order valence-electron chi connectivity index (χ4n) is 1.98. The molecule has 0 saturated carbocycles. The van der Waals surface area contributed by atoms with Crippen molar-refractivity contribution < 1.29 is 19.1 Å². The highest BCUT2D eigenvalue weighted by atomic mass is 16.5. The van der Waals surface area contributed by atoms with E-state index in [0.29, 0.717) is 22.8 Å². The summed E-state index contributed by atoms with van der Waals surface area (Å²) in [6, 6.07) is 10.5. The Hall–Kier alpha value is -3.42. The van der Waals surface area contributed by atoms with Gasteiger partial charge in [-0.05, 0) is 24.3 Å². The van der Waals surface area contributed by atoms with Gasteiger partial charge in [0.2, 0.25) is 0 Å². The lowest BCUT2D eigenvalue weighted by Crippen LogP contribution is -2.37. The molecule has 0 radical (unpaired) electrons. The van der Waals surface area contributed by atoms with Crippen molar-refractivity contribution in [2.75, 3.05) is 14.2 Å². The summed E-state index contributed by atoms with van der Waals surface area (Å²) in [6.07, 6.45) is 2.97. The molecule has 25 heavy (non-hydrogen) atoms. The van der Waals surface area contributed by atoms with E-state index in [1.165, 1.54) is 20.4 Å². The molecule has 130 valence electrons. The summed E-state index contributed by atoms with van der Waals surface area (Å²) in [6.45, 7) is 0.153. The van der Waals surface area contributed by atoms with Crippen LogP contribution in [0.5, 0.6) is 11.5 Å². The summed E-state index contributed by atoms with van der Waals surface area (Å²) < 4.78 is 10.4. The van der Waals surface area contributed by atoms with Crippen molar-refractivity contribution in [1.82, 2.24) is 15.7 Å². The van der Waals surface area contributed by atoms with Gasteiger partial charge in [0.15, 0.2) is 11.5 Å². The maximum Gasteiger partial charge on any atom is 0.329 e. The molecule has 0 fully saturated rings. The number of carbonyl (C=O) groups excluding carboxylic acids is 2. The number of amides is 2. The fourth-order valence-corrected chi connectivity index (χ4v) is 1.98. The van der Waals surface area contributed by atoms with Crippen LogP contribution < -0.4 is 20.2 Å². The molecule has 0 saturated heterocycles. The van der Waals surface area contributed by atoms with Crippen molar-refractivity contribution in [3.05, 3.63) is 53.9 Å². The number of aromatic nitrogens is 1. The van der Waals surface area contributed by atoms with Crippen LogP contribution in [-0.4, -0.2) is 37.2 Å². The van der Waals surface area contributed by atoms with Gasteiger partial charge in [0, 0.05) is 11.8 Å². The van der Waals surface area contributed by atoms with Crippen LogP contribution in [0.3, 0.4) is 0 Å². The predicted octanol–water partition coefficient (Wildman–Crippen LogP) is 0.865. The van der Waals surface area contributed by atoms with Gasteiger partial charge in [-0.1, -0.05) is 12.1 Å². The van der Waals surface area contributed by atoms with Gasteiger partial charge in [-0.15, -0.1) is 0 Å². The first-order chi connectivity index (χ1) is 12.2. The van der Waals surface area contributed by atoms with E-state index < -0.39 is 11.8 Å². The molecule has 8 heteroatoms. The molecular weight excluding hydrogens is 324 g/mol. The fraction of sp³-hybridized carbons (Fsp3) is 0.176. The third-order valence-corrected chi connectivity index (χ3v) is 3.17.